The lowest BCUT2D eigenvalue weighted by atomic mass is 9.84. The monoisotopic (exact) mass is 287 g/mol. The Hall–Kier alpha value is -1.02. The topological polar surface area (TPSA) is 12.5 Å². The van der Waals surface area contributed by atoms with Crippen molar-refractivity contribution in [2.75, 3.05) is 0 Å². The Bertz CT molecular complexity index is 480. The summed E-state index contributed by atoms with van der Waals surface area (Å²) in [6.07, 6.45) is 6.24. The van der Waals surface area contributed by atoms with Gasteiger partial charge in [-0.1, -0.05) is 18.2 Å². The van der Waals surface area contributed by atoms with Crippen molar-refractivity contribution in [3.05, 3.63) is 29.8 Å². The molecule has 1 atom stereocenters. The molecule has 1 aromatic rings. The van der Waals surface area contributed by atoms with Crippen molar-refractivity contribution >= 4 is 0 Å². The molecule has 21 heavy (non-hydrogen) atoms. The van der Waals surface area contributed by atoms with Crippen LogP contribution in [-0.4, -0.2) is 22.6 Å². The minimum atomic E-state index is 0.0983. The molecule has 1 heterocycles. The van der Waals surface area contributed by atoms with E-state index >= 15 is 0 Å². The van der Waals surface area contributed by atoms with Crippen LogP contribution in [0.4, 0.5) is 0 Å². The number of rotatable bonds is 3. The number of hydrogen-bond donors (Lipinski definition) is 0. The number of nitrogens with zero attached hydrogens (tertiary/aromatic N) is 1. The molecule has 3 rings (SSSR count). The average Bonchev–Trinajstić information content (AvgIpc) is 2.85. The highest BCUT2D eigenvalue weighted by Gasteiger charge is 2.45. The van der Waals surface area contributed by atoms with Gasteiger partial charge in [0, 0.05) is 30.1 Å². The second-order valence-corrected chi connectivity index (χ2v) is 7.38. The predicted molar refractivity (Wildman–Crippen MR) is 87.7 cm³/mol. The third kappa shape index (κ3) is 2.70. The Morgan fingerprint density at radius 2 is 1.67 bits per heavy atom. The Labute approximate surface area is 129 Å². The molecule has 116 valence electrons. The lowest BCUT2D eigenvalue weighted by molar-refractivity contribution is -0.0110. The molecule has 1 saturated carbocycles. The van der Waals surface area contributed by atoms with Crippen LogP contribution in [0, 0.1) is 0 Å². The van der Waals surface area contributed by atoms with Gasteiger partial charge in [0.2, 0.25) is 0 Å². The van der Waals surface area contributed by atoms with Crippen molar-refractivity contribution in [3.8, 4) is 5.75 Å². The summed E-state index contributed by atoms with van der Waals surface area (Å²) in [5, 5.41) is 0. The lowest BCUT2D eigenvalue weighted by Crippen LogP contribution is -2.47. The number of benzene rings is 1. The van der Waals surface area contributed by atoms with E-state index in [0.29, 0.717) is 18.1 Å². The zero-order valence-electron chi connectivity index (χ0n) is 13.9. The fraction of sp³-hybridized carbons (Fsp3) is 0.684. The molecule has 1 aliphatic heterocycles. The summed E-state index contributed by atoms with van der Waals surface area (Å²) < 4.78 is 6.49. The standard InChI is InChI=1S/C19H29NO/c1-14(2)20(15(3)4)17-13-19(11-7-8-12-19)21-18-10-6-5-9-16(17)18/h5-6,9-10,14-15,17H,7-8,11-13H2,1-4H3. The van der Waals surface area contributed by atoms with Gasteiger partial charge in [-0.2, -0.15) is 0 Å². The summed E-state index contributed by atoms with van der Waals surface area (Å²) >= 11 is 0. The average molecular weight is 287 g/mol. The Morgan fingerprint density at radius 3 is 2.29 bits per heavy atom. The van der Waals surface area contributed by atoms with Crippen LogP contribution >= 0.6 is 0 Å². The fourth-order valence-electron chi connectivity index (χ4n) is 4.49. The molecule has 2 aliphatic rings. The van der Waals surface area contributed by atoms with Crippen LogP contribution in [0.15, 0.2) is 24.3 Å². The summed E-state index contributed by atoms with van der Waals surface area (Å²) in [6, 6.07) is 10.3. The zero-order chi connectivity index (χ0) is 15.0. The Kier molecular flexibility index (Phi) is 4.00. The van der Waals surface area contributed by atoms with Gasteiger partial charge in [-0.3, -0.25) is 4.90 Å². The molecular weight excluding hydrogens is 258 g/mol. The Morgan fingerprint density at radius 1 is 1.05 bits per heavy atom. The molecule has 2 nitrogen and oxygen atoms in total. The highest BCUT2D eigenvalue weighted by molar-refractivity contribution is 5.39. The van der Waals surface area contributed by atoms with Crippen molar-refractivity contribution in [1.82, 2.24) is 4.90 Å². The van der Waals surface area contributed by atoms with Crippen LogP contribution in [0.3, 0.4) is 0 Å². The maximum Gasteiger partial charge on any atom is 0.124 e. The first kappa shape index (κ1) is 14.9. The van der Waals surface area contributed by atoms with Gasteiger partial charge in [-0.15, -0.1) is 0 Å². The van der Waals surface area contributed by atoms with Crippen LogP contribution in [0.2, 0.25) is 0 Å². The molecule has 1 fully saturated rings. The van der Waals surface area contributed by atoms with Crippen molar-refractivity contribution in [2.45, 2.75) is 83.5 Å². The van der Waals surface area contributed by atoms with E-state index in [-0.39, 0.29) is 5.60 Å². The third-order valence-electron chi connectivity index (χ3n) is 5.24. The molecule has 0 bridgehead atoms. The summed E-state index contributed by atoms with van der Waals surface area (Å²) in [4.78, 5) is 2.67. The first-order valence-corrected chi connectivity index (χ1v) is 8.58. The van der Waals surface area contributed by atoms with Crippen LogP contribution in [0.25, 0.3) is 0 Å². The SMILES string of the molecule is CC(C)N(C(C)C)C1CC2(CCCC2)Oc2ccccc21. The van der Waals surface area contributed by atoms with Crippen LogP contribution < -0.4 is 4.74 Å². The molecule has 1 unspecified atom stereocenters. The summed E-state index contributed by atoms with van der Waals surface area (Å²) in [7, 11) is 0. The molecule has 2 heteroatoms. The first-order valence-electron chi connectivity index (χ1n) is 8.58. The van der Waals surface area contributed by atoms with Crippen molar-refractivity contribution in [3.63, 3.8) is 0 Å². The Balaban J connectivity index is 2.01. The van der Waals surface area contributed by atoms with E-state index in [2.05, 4.69) is 56.9 Å². The van der Waals surface area contributed by atoms with E-state index in [9.17, 15) is 0 Å². The predicted octanol–water partition coefficient (Wildman–Crippen LogP) is 4.94. The minimum Gasteiger partial charge on any atom is -0.487 e. The summed E-state index contributed by atoms with van der Waals surface area (Å²) in [5.74, 6) is 1.13. The maximum atomic E-state index is 6.49. The van der Waals surface area contributed by atoms with E-state index < -0.39 is 0 Å². The van der Waals surface area contributed by atoms with Gasteiger partial charge in [-0.05, 0) is 59.4 Å². The third-order valence-corrected chi connectivity index (χ3v) is 5.24. The molecule has 0 aromatic heterocycles. The zero-order valence-corrected chi connectivity index (χ0v) is 13.9. The quantitative estimate of drug-likeness (QED) is 0.780. The molecular formula is C19H29NO. The highest BCUT2D eigenvalue weighted by Crippen LogP contribution is 2.49. The van der Waals surface area contributed by atoms with Gasteiger partial charge in [0.15, 0.2) is 0 Å². The van der Waals surface area contributed by atoms with Gasteiger partial charge in [-0.25, -0.2) is 0 Å². The van der Waals surface area contributed by atoms with Crippen molar-refractivity contribution in [1.29, 1.82) is 0 Å². The lowest BCUT2D eigenvalue weighted by Gasteiger charge is -2.47. The van der Waals surface area contributed by atoms with E-state index in [1.807, 2.05) is 0 Å². The maximum absolute atomic E-state index is 6.49. The van der Waals surface area contributed by atoms with E-state index in [1.54, 1.807) is 0 Å². The highest BCUT2D eigenvalue weighted by atomic mass is 16.5. The normalized spacial score (nSPS) is 23.9. The van der Waals surface area contributed by atoms with Gasteiger partial charge >= 0.3 is 0 Å². The number of hydrogen-bond acceptors (Lipinski definition) is 2. The first-order chi connectivity index (χ1) is 10.0. The van der Waals surface area contributed by atoms with Gasteiger partial charge in [0.05, 0.1) is 0 Å². The minimum absolute atomic E-state index is 0.0983. The number of ether oxygens (including phenoxy) is 1. The summed E-state index contributed by atoms with van der Waals surface area (Å²) in [6.45, 7) is 9.28. The molecule has 1 aliphatic carbocycles. The van der Waals surface area contributed by atoms with Crippen molar-refractivity contribution < 1.29 is 4.74 Å². The van der Waals surface area contributed by atoms with Crippen molar-refractivity contribution in [2.24, 2.45) is 0 Å². The molecule has 1 spiro atoms. The molecule has 1 aromatic carbocycles. The van der Waals surface area contributed by atoms with Gasteiger partial charge in [0.1, 0.15) is 11.4 Å². The van der Waals surface area contributed by atoms with Gasteiger partial charge in [0.25, 0.3) is 0 Å². The van der Waals surface area contributed by atoms with E-state index in [4.69, 9.17) is 4.74 Å². The van der Waals surface area contributed by atoms with Crippen LogP contribution in [0.1, 0.15) is 71.4 Å². The molecule has 0 amide bonds. The largest absolute Gasteiger partial charge is 0.487 e. The second-order valence-electron chi connectivity index (χ2n) is 7.38. The van der Waals surface area contributed by atoms with Gasteiger partial charge < -0.3 is 4.74 Å². The van der Waals surface area contributed by atoms with E-state index in [1.165, 1.54) is 31.2 Å². The van der Waals surface area contributed by atoms with E-state index in [0.717, 1.165) is 12.2 Å². The number of fused-ring (bicyclic) bond motifs is 1. The van der Waals surface area contributed by atoms with Crippen LogP contribution in [-0.2, 0) is 0 Å². The fourth-order valence-corrected chi connectivity index (χ4v) is 4.49. The van der Waals surface area contributed by atoms with Crippen LogP contribution in [0.5, 0.6) is 5.75 Å². The smallest absolute Gasteiger partial charge is 0.124 e. The number of para-hydroxylation sites is 1. The molecule has 0 radical (unpaired) electrons. The molecule has 0 saturated heterocycles. The second kappa shape index (κ2) is 5.64. The molecule has 0 N–H and O–H groups in total. The summed E-state index contributed by atoms with van der Waals surface area (Å²) in [5.41, 5.74) is 1.48.